The minimum absolute atomic E-state index is 0.0200. The summed E-state index contributed by atoms with van der Waals surface area (Å²) in [5.41, 5.74) is 0. The molecule has 8 heteroatoms. The number of quaternary nitrogens is 1. The quantitative estimate of drug-likeness (QED) is 0.682. The molecule has 0 radical (unpaired) electrons. The summed E-state index contributed by atoms with van der Waals surface area (Å²) in [6, 6.07) is 6.31. The average molecular weight is 397 g/mol. The molecule has 2 fully saturated rings. The number of nitrogens with zero attached hydrogens (tertiary/aromatic N) is 1. The second-order valence-electron chi connectivity index (χ2n) is 7.35. The highest BCUT2D eigenvalue weighted by molar-refractivity contribution is 7.89. The Kier molecular flexibility index (Phi) is 6.73. The van der Waals surface area contributed by atoms with E-state index in [2.05, 4.69) is 11.6 Å². The number of ether oxygens (including phenoxy) is 1. The highest BCUT2D eigenvalue weighted by atomic mass is 32.2. The lowest BCUT2D eigenvalue weighted by molar-refractivity contribution is -0.902. The van der Waals surface area contributed by atoms with Gasteiger partial charge in [-0.25, -0.2) is 13.1 Å². The number of carbonyl (C=O) groups excluding carboxylic acids is 1. The normalized spacial score (nSPS) is 19.4. The van der Waals surface area contributed by atoms with Crippen LogP contribution in [0.2, 0.25) is 0 Å². The zero-order valence-electron chi connectivity index (χ0n) is 15.9. The number of carbonyl (C=O) groups is 1. The first kappa shape index (κ1) is 20.1. The van der Waals surface area contributed by atoms with Crippen molar-refractivity contribution in [2.45, 2.75) is 43.5 Å². The topological polar surface area (TPSA) is 80.2 Å². The van der Waals surface area contributed by atoms with Crippen LogP contribution < -0.4 is 14.4 Å². The van der Waals surface area contributed by atoms with Crippen LogP contribution in [0, 0.1) is 0 Å². The summed E-state index contributed by atoms with van der Waals surface area (Å²) < 4.78 is 33.1. The number of hydrogen-bond donors (Lipinski definition) is 2. The molecule has 1 aromatic rings. The maximum absolute atomic E-state index is 12.4. The standard InChI is InChI=1S/C19H29N3O4S/c1-2-21-11-13-22(14-12-21)19(23)15-26-17-7-9-18(10-8-17)27(24,25)20-16-5-3-4-6-16/h7-10,16,20H,2-6,11-15H2,1H3/p+1. The Balaban J connectivity index is 1.49. The third kappa shape index (κ3) is 5.43. The van der Waals surface area contributed by atoms with Gasteiger partial charge in [-0.1, -0.05) is 12.8 Å². The van der Waals surface area contributed by atoms with Gasteiger partial charge in [0.15, 0.2) is 6.61 Å². The zero-order chi connectivity index (χ0) is 19.3. The Morgan fingerprint density at radius 3 is 2.41 bits per heavy atom. The number of piperazine rings is 1. The molecule has 0 unspecified atom stereocenters. The SMILES string of the molecule is CC[NH+]1CCN(C(=O)COc2ccc(S(=O)(=O)NC3CCCC3)cc2)CC1. The number of nitrogens with one attached hydrogen (secondary N) is 2. The van der Waals surface area contributed by atoms with E-state index in [1.165, 1.54) is 17.0 Å². The Hall–Kier alpha value is -1.64. The lowest BCUT2D eigenvalue weighted by Crippen LogP contribution is -3.14. The number of amides is 1. The molecule has 1 saturated heterocycles. The van der Waals surface area contributed by atoms with Gasteiger partial charge in [-0.15, -0.1) is 0 Å². The smallest absolute Gasteiger partial charge is 0.260 e. The molecule has 150 valence electrons. The first-order valence-electron chi connectivity index (χ1n) is 9.84. The van der Waals surface area contributed by atoms with Crippen molar-refractivity contribution in [3.8, 4) is 5.75 Å². The molecule has 0 aromatic heterocycles. The van der Waals surface area contributed by atoms with Gasteiger partial charge in [0.1, 0.15) is 5.75 Å². The molecule has 1 heterocycles. The summed E-state index contributed by atoms with van der Waals surface area (Å²) in [5, 5.41) is 0. The van der Waals surface area contributed by atoms with Gasteiger partial charge in [0.2, 0.25) is 10.0 Å². The Morgan fingerprint density at radius 1 is 1.19 bits per heavy atom. The average Bonchev–Trinajstić information content (AvgIpc) is 3.19. The minimum Gasteiger partial charge on any atom is -0.484 e. The van der Waals surface area contributed by atoms with Gasteiger partial charge in [0, 0.05) is 6.04 Å². The van der Waals surface area contributed by atoms with E-state index in [9.17, 15) is 13.2 Å². The summed E-state index contributed by atoms with van der Waals surface area (Å²) in [7, 11) is -3.50. The summed E-state index contributed by atoms with van der Waals surface area (Å²) in [5.74, 6) is 0.478. The maximum Gasteiger partial charge on any atom is 0.260 e. The molecule has 0 atom stereocenters. The van der Waals surface area contributed by atoms with E-state index in [1.54, 1.807) is 12.1 Å². The Morgan fingerprint density at radius 2 is 1.81 bits per heavy atom. The predicted molar refractivity (Wildman–Crippen MR) is 102 cm³/mol. The fourth-order valence-corrected chi connectivity index (χ4v) is 5.01. The molecule has 27 heavy (non-hydrogen) atoms. The van der Waals surface area contributed by atoms with Crippen LogP contribution in [-0.4, -0.2) is 64.6 Å². The summed E-state index contributed by atoms with van der Waals surface area (Å²) in [6.07, 6.45) is 3.94. The number of likely N-dealkylation sites (N-methyl/N-ethyl adjacent to an activating group) is 1. The molecular formula is C19H30N3O4S+. The van der Waals surface area contributed by atoms with Crippen LogP contribution >= 0.6 is 0 Å². The summed E-state index contributed by atoms with van der Waals surface area (Å²) in [4.78, 5) is 15.9. The van der Waals surface area contributed by atoms with Gasteiger partial charge in [-0.05, 0) is 44.0 Å². The van der Waals surface area contributed by atoms with E-state index in [1.807, 2.05) is 4.90 Å². The molecule has 7 nitrogen and oxygen atoms in total. The van der Waals surface area contributed by atoms with Crippen molar-refractivity contribution in [3.63, 3.8) is 0 Å². The van der Waals surface area contributed by atoms with Gasteiger partial charge in [0.05, 0.1) is 37.6 Å². The number of benzene rings is 1. The highest BCUT2D eigenvalue weighted by Gasteiger charge is 2.24. The van der Waals surface area contributed by atoms with Gasteiger partial charge >= 0.3 is 0 Å². The van der Waals surface area contributed by atoms with E-state index in [4.69, 9.17) is 4.74 Å². The van der Waals surface area contributed by atoms with Crippen LogP contribution in [0.4, 0.5) is 0 Å². The molecule has 1 amide bonds. The molecule has 1 aliphatic heterocycles. The first-order chi connectivity index (χ1) is 13.0. The molecule has 2 aliphatic rings. The van der Waals surface area contributed by atoms with Crippen molar-refractivity contribution in [2.24, 2.45) is 0 Å². The van der Waals surface area contributed by atoms with Gasteiger partial charge in [0.25, 0.3) is 5.91 Å². The second kappa shape index (κ2) is 9.03. The Bertz CT molecular complexity index is 722. The highest BCUT2D eigenvalue weighted by Crippen LogP contribution is 2.21. The van der Waals surface area contributed by atoms with Crippen LogP contribution in [0.25, 0.3) is 0 Å². The third-order valence-electron chi connectivity index (χ3n) is 5.50. The Labute approximate surface area is 161 Å². The van der Waals surface area contributed by atoms with Crippen molar-refractivity contribution < 1.29 is 22.8 Å². The van der Waals surface area contributed by atoms with Crippen LogP contribution in [0.5, 0.6) is 5.75 Å². The van der Waals surface area contributed by atoms with Crippen molar-refractivity contribution in [2.75, 3.05) is 39.3 Å². The fraction of sp³-hybridized carbons (Fsp3) is 0.632. The summed E-state index contributed by atoms with van der Waals surface area (Å²) in [6.45, 7) is 6.69. The van der Waals surface area contributed by atoms with Crippen LogP contribution in [0.1, 0.15) is 32.6 Å². The van der Waals surface area contributed by atoms with E-state index in [0.717, 1.165) is 58.4 Å². The van der Waals surface area contributed by atoms with Gasteiger partial charge in [-0.3, -0.25) is 4.79 Å². The van der Waals surface area contributed by atoms with E-state index in [-0.39, 0.29) is 23.5 Å². The molecule has 1 saturated carbocycles. The zero-order valence-corrected chi connectivity index (χ0v) is 16.8. The molecule has 0 spiro atoms. The van der Waals surface area contributed by atoms with Crippen molar-refractivity contribution >= 4 is 15.9 Å². The monoisotopic (exact) mass is 396 g/mol. The fourth-order valence-electron chi connectivity index (χ4n) is 3.71. The number of sulfonamides is 1. The van der Waals surface area contributed by atoms with Gasteiger partial charge in [-0.2, -0.15) is 0 Å². The van der Waals surface area contributed by atoms with Crippen molar-refractivity contribution in [1.82, 2.24) is 9.62 Å². The first-order valence-corrected chi connectivity index (χ1v) is 11.3. The van der Waals surface area contributed by atoms with Crippen LogP contribution in [0.3, 0.4) is 0 Å². The van der Waals surface area contributed by atoms with Crippen LogP contribution in [0.15, 0.2) is 29.2 Å². The van der Waals surface area contributed by atoms with E-state index < -0.39 is 10.0 Å². The molecule has 3 rings (SSSR count). The molecule has 0 bridgehead atoms. The number of rotatable bonds is 7. The van der Waals surface area contributed by atoms with Crippen molar-refractivity contribution in [3.05, 3.63) is 24.3 Å². The maximum atomic E-state index is 12.4. The molecule has 1 aromatic carbocycles. The molecular weight excluding hydrogens is 366 g/mol. The number of hydrogen-bond acceptors (Lipinski definition) is 4. The largest absolute Gasteiger partial charge is 0.484 e. The van der Waals surface area contributed by atoms with E-state index >= 15 is 0 Å². The van der Waals surface area contributed by atoms with Crippen molar-refractivity contribution in [1.29, 1.82) is 0 Å². The van der Waals surface area contributed by atoms with Crippen LogP contribution in [-0.2, 0) is 14.8 Å². The lowest BCUT2D eigenvalue weighted by atomic mass is 10.3. The minimum atomic E-state index is -3.50. The molecule has 2 N–H and O–H groups in total. The third-order valence-corrected chi connectivity index (χ3v) is 7.03. The van der Waals surface area contributed by atoms with E-state index in [0.29, 0.717) is 5.75 Å². The molecule has 1 aliphatic carbocycles. The summed E-state index contributed by atoms with van der Waals surface area (Å²) >= 11 is 0. The lowest BCUT2D eigenvalue weighted by Gasteiger charge is -2.31. The second-order valence-corrected chi connectivity index (χ2v) is 9.06. The van der Waals surface area contributed by atoms with Gasteiger partial charge < -0.3 is 14.5 Å². The predicted octanol–water partition coefficient (Wildman–Crippen LogP) is 0.0333.